The SMILES string of the molecule is COc1ccc(C(=O)N=C(c2ccccc2)c2ccc(C)cc2)cc1. The van der Waals surface area contributed by atoms with E-state index in [1.165, 1.54) is 0 Å². The van der Waals surface area contributed by atoms with E-state index in [-0.39, 0.29) is 5.91 Å². The highest BCUT2D eigenvalue weighted by atomic mass is 16.5. The van der Waals surface area contributed by atoms with Gasteiger partial charge in [-0.15, -0.1) is 0 Å². The van der Waals surface area contributed by atoms with Crippen LogP contribution >= 0.6 is 0 Å². The van der Waals surface area contributed by atoms with Crippen molar-refractivity contribution in [1.82, 2.24) is 0 Å². The molecule has 3 heteroatoms. The van der Waals surface area contributed by atoms with Crippen LogP contribution in [0.5, 0.6) is 5.75 Å². The second kappa shape index (κ2) is 7.58. The number of methoxy groups -OCH3 is 1. The lowest BCUT2D eigenvalue weighted by atomic mass is 10.0. The van der Waals surface area contributed by atoms with Crippen molar-refractivity contribution in [2.75, 3.05) is 7.11 Å². The van der Waals surface area contributed by atoms with Gasteiger partial charge in [0, 0.05) is 16.7 Å². The van der Waals surface area contributed by atoms with Crippen molar-refractivity contribution in [3.63, 3.8) is 0 Å². The fraction of sp³-hybridized carbons (Fsp3) is 0.0909. The predicted octanol–water partition coefficient (Wildman–Crippen LogP) is 4.68. The van der Waals surface area contributed by atoms with Gasteiger partial charge in [-0.3, -0.25) is 4.79 Å². The molecule has 3 aromatic rings. The van der Waals surface area contributed by atoms with Gasteiger partial charge in [-0.2, -0.15) is 0 Å². The standard InChI is InChI=1S/C22H19NO2/c1-16-8-10-18(11-9-16)21(17-6-4-3-5-7-17)23-22(24)19-12-14-20(25-2)15-13-19/h3-15H,1-2H3. The van der Waals surface area contributed by atoms with E-state index in [1.807, 2.05) is 61.5 Å². The average Bonchev–Trinajstić information content (AvgIpc) is 2.67. The third-order valence-corrected chi connectivity index (χ3v) is 3.92. The molecule has 0 saturated carbocycles. The normalized spacial score (nSPS) is 11.2. The first-order valence-corrected chi connectivity index (χ1v) is 8.07. The number of carbonyl (C=O) groups is 1. The molecule has 0 fully saturated rings. The monoisotopic (exact) mass is 329 g/mol. The molecule has 0 bridgehead atoms. The number of aliphatic imine (C=N–C) groups is 1. The number of rotatable bonds is 4. The molecule has 0 atom stereocenters. The Kier molecular flexibility index (Phi) is 5.05. The molecule has 0 radical (unpaired) electrons. The molecule has 0 aliphatic rings. The Morgan fingerprint density at radius 1 is 0.760 bits per heavy atom. The molecule has 25 heavy (non-hydrogen) atoms. The molecule has 0 aliphatic heterocycles. The van der Waals surface area contributed by atoms with Gasteiger partial charge in [0.1, 0.15) is 5.75 Å². The van der Waals surface area contributed by atoms with Gasteiger partial charge in [0.15, 0.2) is 0 Å². The molecular weight excluding hydrogens is 310 g/mol. The summed E-state index contributed by atoms with van der Waals surface area (Å²) in [6, 6.07) is 24.7. The van der Waals surface area contributed by atoms with Crippen molar-refractivity contribution < 1.29 is 9.53 Å². The number of benzene rings is 3. The minimum Gasteiger partial charge on any atom is -0.497 e. The summed E-state index contributed by atoms with van der Waals surface area (Å²) in [7, 11) is 1.60. The summed E-state index contributed by atoms with van der Waals surface area (Å²) < 4.78 is 5.13. The van der Waals surface area contributed by atoms with Crippen LogP contribution in [-0.4, -0.2) is 18.7 Å². The van der Waals surface area contributed by atoms with Crippen LogP contribution in [0.25, 0.3) is 0 Å². The molecular formula is C22H19NO2. The van der Waals surface area contributed by atoms with E-state index >= 15 is 0 Å². The molecule has 0 heterocycles. The fourth-order valence-electron chi connectivity index (χ4n) is 2.50. The van der Waals surface area contributed by atoms with Gasteiger partial charge in [0.25, 0.3) is 5.91 Å². The fourth-order valence-corrected chi connectivity index (χ4v) is 2.50. The largest absolute Gasteiger partial charge is 0.497 e. The minimum absolute atomic E-state index is 0.276. The first-order chi connectivity index (χ1) is 12.2. The summed E-state index contributed by atoms with van der Waals surface area (Å²) >= 11 is 0. The summed E-state index contributed by atoms with van der Waals surface area (Å²) in [5.74, 6) is 0.435. The molecule has 3 aromatic carbocycles. The molecule has 1 amide bonds. The summed E-state index contributed by atoms with van der Waals surface area (Å²) in [6.45, 7) is 2.03. The van der Waals surface area contributed by atoms with Crippen LogP contribution < -0.4 is 4.74 Å². The number of ether oxygens (including phenoxy) is 1. The Labute approximate surface area is 147 Å². The highest BCUT2D eigenvalue weighted by Crippen LogP contribution is 2.16. The van der Waals surface area contributed by atoms with Crippen LogP contribution in [0.1, 0.15) is 27.0 Å². The maximum atomic E-state index is 12.6. The van der Waals surface area contributed by atoms with E-state index in [4.69, 9.17) is 4.74 Å². The van der Waals surface area contributed by atoms with Gasteiger partial charge in [0.2, 0.25) is 0 Å². The zero-order valence-corrected chi connectivity index (χ0v) is 14.3. The molecule has 0 N–H and O–H groups in total. The Bertz CT molecular complexity index is 880. The third-order valence-electron chi connectivity index (χ3n) is 3.92. The van der Waals surface area contributed by atoms with Gasteiger partial charge in [0.05, 0.1) is 12.8 Å². The van der Waals surface area contributed by atoms with Crippen molar-refractivity contribution >= 4 is 11.6 Å². The van der Waals surface area contributed by atoms with E-state index < -0.39 is 0 Å². The van der Waals surface area contributed by atoms with Crippen molar-refractivity contribution in [1.29, 1.82) is 0 Å². The second-order valence-electron chi connectivity index (χ2n) is 5.73. The molecule has 3 rings (SSSR count). The molecule has 0 aromatic heterocycles. The van der Waals surface area contributed by atoms with Crippen LogP contribution in [0.15, 0.2) is 83.9 Å². The maximum Gasteiger partial charge on any atom is 0.277 e. The Hall–Kier alpha value is -3.20. The smallest absolute Gasteiger partial charge is 0.277 e. The Balaban J connectivity index is 2.02. The van der Waals surface area contributed by atoms with Crippen molar-refractivity contribution in [3.05, 3.63) is 101 Å². The second-order valence-corrected chi connectivity index (χ2v) is 5.73. The number of aryl methyl sites for hydroxylation is 1. The number of hydrogen-bond acceptors (Lipinski definition) is 2. The zero-order chi connectivity index (χ0) is 17.6. The highest BCUT2D eigenvalue weighted by Gasteiger charge is 2.11. The van der Waals surface area contributed by atoms with E-state index in [0.29, 0.717) is 17.0 Å². The molecule has 0 unspecified atom stereocenters. The van der Waals surface area contributed by atoms with E-state index in [2.05, 4.69) is 4.99 Å². The lowest BCUT2D eigenvalue weighted by molar-refractivity contribution is 0.100. The van der Waals surface area contributed by atoms with Crippen molar-refractivity contribution in [2.45, 2.75) is 6.92 Å². The topological polar surface area (TPSA) is 38.7 Å². The van der Waals surface area contributed by atoms with E-state index in [1.54, 1.807) is 31.4 Å². The Morgan fingerprint density at radius 3 is 1.92 bits per heavy atom. The number of nitrogens with zero attached hydrogens (tertiary/aromatic N) is 1. The molecule has 0 aliphatic carbocycles. The lowest BCUT2D eigenvalue weighted by Crippen LogP contribution is -2.08. The van der Waals surface area contributed by atoms with Crippen LogP contribution in [-0.2, 0) is 0 Å². The lowest BCUT2D eigenvalue weighted by Gasteiger charge is -2.08. The highest BCUT2D eigenvalue weighted by molar-refractivity contribution is 6.18. The third kappa shape index (κ3) is 4.01. The van der Waals surface area contributed by atoms with Gasteiger partial charge < -0.3 is 4.74 Å². The molecule has 0 spiro atoms. The summed E-state index contributed by atoms with van der Waals surface area (Å²) in [5, 5.41) is 0. The summed E-state index contributed by atoms with van der Waals surface area (Å²) in [5.41, 5.74) is 4.19. The maximum absolute atomic E-state index is 12.6. The Morgan fingerprint density at radius 2 is 1.32 bits per heavy atom. The van der Waals surface area contributed by atoms with Gasteiger partial charge in [-0.05, 0) is 31.2 Å². The minimum atomic E-state index is -0.276. The molecule has 0 saturated heterocycles. The number of amides is 1. The van der Waals surface area contributed by atoms with Crippen LogP contribution in [0.2, 0.25) is 0 Å². The predicted molar refractivity (Wildman–Crippen MR) is 101 cm³/mol. The van der Waals surface area contributed by atoms with Crippen molar-refractivity contribution in [3.8, 4) is 5.75 Å². The molecule has 3 nitrogen and oxygen atoms in total. The van der Waals surface area contributed by atoms with E-state index in [0.717, 1.165) is 16.7 Å². The van der Waals surface area contributed by atoms with Crippen LogP contribution in [0, 0.1) is 6.92 Å². The summed E-state index contributed by atoms with van der Waals surface area (Å²) in [6.07, 6.45) is 0. The van der Waals surface area contributed by atoms with Gasteiger partial charge in [-0.25, -0.2) is 4.99 Å². The quantitative estimate of drug-likeness (QED) is 0.652. The molecule has 124 valence electrons. The van der Waals surface area contributed by atoms with E-state index in [9.17, 15) is 4.79 Å². The number of carbonyl (C=O) groups excluding carboxylic acids is 1. The summed E-state index contributed by atoms with van der Waals surface area (Å²) in [4.78, 5) is 17.0. The average molecular weight is 329 g/mol. The van der Waals surface area contributed by atoms with Crippen LogP contribution in [0.4, 0.5) is 0 Å². The number of hydrogen-bond donors (Lipinski definition) is 0. The first kappa shape index (κ1) is 16.7. The van der Waals surface area contributed by atoms with Crippen LogP contribution in [0.3, 0.4) is 0 Å². The van der Waals surface area contributed by atoms with Gasteiger partial charge >= 0.3 is 0 Å². The zero-order valence-electron chi connectivity index (χ0n) is 14.3. The first-order valence-electron chi connectivity index (χ1n) is 8.07. The van der Waals surface area contributed by atoms with Crippen molar-refractivity contribution in [2.24, 2.45) is 4.99 Å². The van der Waals surface area contributed by atoms with Gasteiger partial charge in [-0.1, -0.05) is 60.2 Å².